The molecule has 6 heteroatoms. The summed E-state index contributed by atoms with van der Waals surface area (Å²) in [5, 5.41) is 3.32. The van der Waals surface area contributed by atoms with Crippen LogP contribution in [0.3, 0.4) is 0 Å². The number of benzene rings is 1. The van der Waals surface area contributed by atoms with Gasteiger partial charge >= 0.3 is 5.97 Å². The molecule has 0 aliphatic carbocycles. The Hall–Kier alpha value is -1.26. The summed E-state index contributed by atoms with van der Waals surface area (Å²) in [6, 6.07) is 4.72. The van der Waals surface area contributed by atoms with Crippen molar-refractivity contribution in [3.05, 3.63) is 28.2 Å². The van der Waals surface area contributed by atoms with Gasteiger partial charge in [0.1, 0.15) is 0 Å². The van der Waals surface area contributed by atoms with Gasteiger partial charge in [0, 0.05) is 12.1 Å². The molecule has 0 aliphatic rings. The molecule has 0 spiro atoms. The fourth-order valence-corrected chi connectivity index (χ4v) is 1.61. The molecule has 1 N–H and O–H groups in total. The van der Waals surface area contributed by atoms with Crippen LogP contribution in [0.5, 0.6) is 0 Å². The molecule has 4 nitrogen and oxygen atoms in total. The molecule has 0 fully saturated rings. The molecule has 19 heavy (non-hydrogen) atoms. The number of ether oxygens (including phenoxy) is 1. The molecule has 1 aromatic carbocycles. The van der Waals surface area contributed by atoms with Gasteiger partial charge in [-0.05, 0) is 24.6 Å². The Labute approximate surface area is 122 Å². The standard InChI is InChI=1S/C13H15Cl2NO3/c1-2-3-4-13(18)19-8-12(17)16-9-5-6-10(14)11(15)7-9/h5-7H,2-4,8H2,1H3,(H,16,17). The van der Waals surface area contributed by atoms with Gasteiger partial charge in [-0.1, -0.05) is 36.5 Å². The fourth-order valence-electron chi connectivity index (χ4n) is 1.31. The van der Waals surface area contributed by atoms with Crippen LogP contribution in [0, 0.1) is 0 Å². The molecule has 0 radical (unpaired) electrons. The Morgan fingerprint density at radius 1 is 1.26 bits per heavy atom. The lowest BCUT2D eigenvalue weighted by Gasteiger charge is -2.07. The number of anilines is 1. The van der Waals surface area contributed by atoms with Gasteiger partial charge in [0.15, 0.2) is 6.61 Å². The Morgan fingerprint density at radius 2 is 2.00 bits per heavy atom. The smallest absolute Gasteiger partial charge is 0.306 e. The zero-order valence-corrected chi connectivity index (χ0v) is 12.1. The third kappa shape index (κ3) is 5.94. The van der Waals surface area contributed by atoms with Crippen molar-refractivity contribution in [2.24, 2.45) is 0 Å². The summed E-state index contributed by atoms with van der Waals surface area (Å²) >= 11 is 11.6. The first-order valence-electron chi connectivity index (χ1n) is 5.93. The maximum Gasteiger partial charge on any atom is 0.306 e. The number of halogens is 2. The van der Waals surface area contributed by atoms with Crippen LogP contribution in [-0.2, 0) is 14.3 Å². The van der Waals surface area contributed by atoms with Crippen LogP contribution in [0.15, 0.2) is 18.2 Å². The van der Waals surface area contributed by atoms with E-state index in [0.29, 0.717) is 22.2 Å². The summed E-state index contributed by atoms with van der Waals surface area (Å²) in [7, 11) is 0. The predicted octanol–water partition coefficient (Wildman–Crippen LogP) is 3.67. The van der Waals surface area contributed by atoms with Crippen molar-refractivity contribution in [2.45, 2.75) is 26.2 Å². The minimum atomic E-state index is -0.414. The molecule has 1 aromatic rings. The van der Waals surface area contributed by atoms with E-state index in [-0.39, 0.29) is 12.6 Å². The molecular weight excluding hydrogens is 289 g/mol. The van der Waals surface area contributed by atoms with Crippen molar-refractivity contribution >= 4 is 40.8 Å². The SMILES string of the molecule is CCCCC(=O)OCC(=O)Nc1ccc(Cl)c(Cl)c1. The van der Waals surface area contributed by atoms with E-state index in [2.05, 4.69) is 5.32 Å². The van der Waals surface area contributed by atoms with Gasteiger partial charge in [0.05, 0.1) is 10.0 Å². The Kier molecular flexibility index (Phi) is 6.67. The first-order valence-corrected chi connectivity index (χ1v) is 6.69. The monoisotopic (exact) mass is 303 g/mol. The van der Waals surface area contributed by atoms with Crippen molar-refractivity contribution < 1.29 is 14.3 Å². The Morgan fingerprint density at radius 3 is 2.63 bits per heavy atom. The van der Waals surface area contributed by atoms with Crippen LogP contribution in [0.2, 0.25) is 10.0 Å². The van der Waals surface area contributed by atoms with E-state index in [0.717, 1.165) is 12.8 Å². The van der Waals surface area contributed by atoms with E-state index in [1.54, 1.807) is 12.1 Å². The zero-order valence-electron chi connectivity index (χ0n) is 10.5. The Balaban J connectivity index is 2.38. The summed E-state index contributed by atoms with van der Waals surface area (Å²) < 4.78 is 4.82. The maximum absolute atomic E-state index is 11.5. The number of hydrogen-bond donors (Lipinski definition) is 1. The molecule has 0 unspecified atom stereocenters. The highest BCUT2D eigenvalue weighted by Crippen LogP contribution is 2.24. The van der Waals surface area contributed by atoms with E-state index < -0.39 is 5.91 Å². The van der Waals surface area contributed by atoms with Crippen LogP contribution in [0.25, 0.3) is 0 Å². The van der Waals surface area contributed by atoms with Crippen LogP contribution in [-0.4, -0.2) is 18.5 Å². The van der Waals surface area contributed by atoms with E-state index in [1.807, 2.05) is 6.92 Å². The number of unbranched alkanes of at least 4 members (excludes halogenated alkanes) is 1. The van der Waals surface area contributed by atoms with Gasteiger partial charge < -0.3 is 10.1 Å². The summed E-state index contributed by atoms with van der Waals surface area (Å²) in [5.74, 6) is -0.783. The largest absolute Gasteiger partial charge is 0.456 e. The summed E-state index contributed by atoms with van der Waals surface area (Å²) in [6.07, 6.45) is 1.99. The lowest BCUT2D eigenvalue weighted by atomic mass is 10.2. The number of nitrogens with one attached hydrogen (secondary N) is 1. The number of esters is 1. The van der Waals surface area contributed by atoms with Crippen molar-refractivity contribution in [3.63, 3.8) is 0 Å². The number of carbonyl (C=O) groups excluding carboxylic acids is 2. The van der Waals surface area contributed by atoms with E-state index in [4.69, 9.17) is 27.9 Å². The lowest BCUT2D eigenvalue weighted by Crippen LogP contribution is -2.20. The number of amides is 1. The fraction of sp³-hybridized carbons (Fsp3) is 0.385. The molecule has 0 bridgehead atoms. The van der Waals surface area contributed by atoms with Gasteiger partial charge in [-0.2, -0.15) is 0 Å². The average Bonchev–Trinajstić information content (AvgIpc) is 2.38. The minimum absolute atomic E-state index is 0.303. The molecule has 0 saturated carbocycles. The highest BCUT2D eigenvalue weighted by molar-refractivity contribution is 6.42. The van der Waals surface area contributed by atoms with Crippen molar-refractivity contribution in [1.82, 2.24) is 0 Å². The lowest BCUT2D eigenvalue weighted by molar-refractivity contribution is -0.147. The topological polar surface area (TPSA) is 55.4 Å². The maximum atomic E-state index is 11.5. The van der Waals surface area contributed by atoms with Crippen LogP contribution >= 0.6 is 23.2 Å². The van der Waals surface area contributed by atoms with E-state index >= 15 is 0 Å². The average molecular weight is 304 g/mol. The minimum Gasteiger partial charge on any atom is -0.456 e. The summed E-state index contributed by atoms with van der Waals surface area (Å²) in [4.78, 5) is 22.7. The van der Waals surface area contributed by atoms with Gasteiger partial charge in [0.2, 0.25) is 0 Å². The second-order valence-electron chi connectivity index (χ2n) is 3.94. The molecule has 1 rings (SSSR count). The zero-order chi connectivity index (χ0) is 14.3. The first kappa shape index (κ1) is 15.8. The Bertz CT molecular complexity index is 463. The normalized spacial score (nSPS) is 10.1. The highest BCUT2D eigenvalue weighted by Gasteiger charge is 2.08. The third-order valence-electron chi connectivity index (χ3n) is 2.30. The second kappa shape index (κ2) is 8.02. The second-order valence-corrected chi connectivity index (χ2v) is 4.76. The number of rotatable bonds is 6. The molecule has 0 heterocycles. The molecule has 0 aromatic heterocycles. The molecule has 0 aliphatic heterocycles. The van der Waals surface area contributed by atoms with E-state index in [1.165, 1.54) is 6.07 Å². The quantitative estimate of drug-likeness (QED) is 0.816. The van der Waals surface area contributed by atoms with Crippen molar-refractivity contribution in [1.29, 1.82) is 0 Å². The van der Waals surface area contributed by atoms with Crippen LogP contribution in [0.4, 0.5) is 5.69 Å². The van der Waals surface area contributed by atoms with Gasteiger partial charge in [-0.3, -0.25) is 9.59 Å². The summed E-state index contributed by atoms with van der Waals surface area (Å²) in [6.45, 7) is 1.67. The molecule has 0 atom stereocenters. The van der Waals surface area contributed by atoms with Crippen LogP contribution in [0.1, 0.15) is 26.2 Å². The van der Waals surface area contributed by atoms with Gasteiger partial charge in [-0.15, -0.1) is 0 Å². The van der Waals surface area contributed by atoms with Crippen molar-refractivity contribution in [2.75, 3.05) is 11.9 Å². The van der Waals surface area contributed by atoms with Crippen molar-refractivity contribution in [3.8, 4) is 0 Å². The third-order valence-corrected chi connectivity index (χ3v) is 3.04. The molecular formula is C13H15Cl2NO3. The van der Waals surface area contributed by atoms with Gasteiger partial charge in [0.25, 0.3) is 5.91 Å². The predicted molar refractivity (Wildman–Crippen MR) is 75.6 cm³/mol. The molecule has 104 valence electrons. The summed E-state index contributed by atoms with van der Waals surface area (Å²) in [5.41, 5.74) is 0.504. The van der Waals surface area contributed by atoms with Gasteiger partial charge in [-0.25, -0.2) is 0 Å². The van der Waals surface area contributed by atoms with E-state index in [9.17, 15) is 9.59 Å². The number of hydrogen-bond acceptors (Lipinski definition) is 3. The molecule has 0 saturated heterocycles. The number of carbonyl (C=O) groups is 2. The highest BCUT2D eigenvalue weighted by atomic mass is 35.5. The first-order chi connectivity index (χ1) is 9.02. The van der Waals surface area contributed by atoms with Crippen LogP contribution < -0.4 is 5.32 Å². The molecule has 1 amide bonds.